The van der Waals surface area contributed by atoms with Crippen LogP contribution in [0, 0.1) is 4.91 Å². The number of nitroso groups, excluding NO2 is 1. The van der Waals surface area contributed by atoms with Crippen molar-refractivity contribution >= 4 is 18.0 Å². The third-order valence-electron chi connectivity index (χ3n) is 4.56. The van der Waals surface area contributed by atoms with E-state index in [1.165, 1.54) is 19.0 Å². The van der Waals surface area contributed by atoms with Crippen LogP contribution in [0.25, 0.3) is 0 Å². The Morgan fingerprint density at radius 2 is 1.48 bits per heavy atom. The Balaban J connectivity index is 4.16. The van der Waals surface area contributed by atoms with E-state index in [1.54, 1.807) is 20.9 Å². The lowest BCUT2D eigenvalue weighted by molar-refractivity contribution is -0.121. The van der Waals surface area contributed by atoms with Gasteiger partial charge in [0.2, 0.25) is 5.91 Å². The van der Waals surface area contributed by atoms with E-state index in [4.69, 9.17) is 14.2 Å². The molecule has 11 nitrogen and oxygen atoms in total. The van der Waals surface area contributed by atoms with Gasteiger partial charge in [0.05, 0.1) is 24.4 Å². The Morgan fingerprint density at radius 1 is 0.935 bits per heavy atom. The van der Waals surface area contributed by atoms with Crippen molar-refractivity contribution < 1.29 is 28.6 Å². The number of ether oxygens (including phenoxy) is 3. The van der Waals surface area contributed by atoms with Crippen LogP contribution in [0.2, 0.25) is 0 Å². The van der Waals surface area contributed by atoms with E-state index in [0.717, 1.165) is 17.7 Å². The zero-order valence-electron chi connectivity index (χ0n) is 19.9. The molecule has 11 heteroatoms. The molecule has 0 atom stereocenters. The van der Waals surface area contributed by atoms with Gasteiger partial charge in [-0.2, -0.15) is 0 Å². The van der Waals surface area contributed by atoms with Gasteiger partial charge in [-0.05, 0) is 40.5 Å². The van der Waals surface area contributed by atoms with Crippen LogP contribution in [0.15, 0.2) is 5.18 Å². The highest BCUT2D eigenvalue weighted by Crippen LogP contribution is 2.18. The van der Waals surface area contributed by atoms with Crippen LogP contribution in [0.3, 0.4) is 0 Å². The number of hydrogen-bond acceptors (Lipinski definition) is 7. The number of carbonyl (C=O) groups is 3. The molecule has 31 heavy (non-hydrogen) atoms. The van der Waals surface area contributed by atoms with E-state index in [9.17, 15) is 19.3 Å². The van der Waals surface area contributed by atoms with Crippen LogP contribution in [0.1, 0.15) is 47.0 Å². The zero-order chi connectivity index (χ0) is 24.1. The van der Waals surface area contributed by atoms with Crippen LogP contribution in [-0.2, 0) is 19.0 Å². The molecule has 4 amide bonds. The topological polar surface area (TPSA) is 127 Å². The minimum atomic E-state index is -0.895. The van der Waals surface area contributed by atoms with Crippen molar-refractivity contribution in [2.75, 3.05) is 54.1 Å². The van der Waals surface area contributed by atoms with Gasteiger partial charge in [-0.1, -0.05) is 0 Å². The molecule has 0 aromatic carbocycles. The van der Waals surface area contributed by atoms with Crippen LogP contribution in [0.4, 0.5) is 9.59 Å². The number of nitrogens with zero attached hydrogens (tertiary/aromatic N) is 3. The van der Waals surface area contributed by atoms with Crippen molar-refractivity contribution in [3.63, 3.8) is 0 Å². The summed E-state index contributed by atoms with van der Waals surface area (Å²) < 4.78 is 16.9. The van der Waals surface area contributed by atoms with Crippen molar-refractivity contribution in [1.29, 1.82) is 0 Å². The normalized spacial score (nSPS) is 11.6. The first-order valence-corrected chi connectivity index (χ1v) is 10.3. The predicted octanol–water partition coefficient (Wildman–Crippen LogP) is 2.38. The van der Waals surface area contributed by atoms with Crippen LogP contribution in [0.5, 0.6) is 0 Å². The fourth-order valence-electron chi connectivity index (χ4n) is 2.45. The molecule has 0 saturated heterocycles. The average Bonchev–Trinajstić information content (AvgIpc) is 2.72. The SMILES string of the molecule is CNC(=O)CCCC(C)(C)OCCOC(C)(C)COC(=O)N(C)CCN(C)C(=O)N=O. The third kappa shape index (κ3) is 13.6. The fourth-order valence-corrected chi connectivity index (χ4v) is 2.45. The maximum Gasteiger partial charge on any atom is 0.409 e. The zero-order valence-corrected chi connectivity index (χ0v) is 19.9. The highest BCUT2D eigenvalue weighted by Gasteiger charge is 2.24. The van der Waals surface area contributed by atoms with Gasteiger partial charge in [-0.25, -0.2) is 9.59 Å². The largest absolute Gasteiger partial charge is 0.446 e. The molecule has 0 aliphatic heterocycles. The number of likely N-dealkylation sites (N-methyl/N-ethyl adjacent to an activating group) is 2. The Bertz CT molecular complexity index is 596. The monoisotopic (exact) mass is 446 g/mol. The lowest BCUT2D eigenvalue weighted by atomic mass is 10.0. The lowest BCUT2D eigenvalue weighted by Crippen LogP contribution is -2.40. The van der Waals surface area contributed by atoms with Gasteiger partial charge in [0, 0.05) is 45.8 Å². The average molecular weight is 447 g/mol. The van der Waals surface area contributed by atoms with Crippen LogP contribution in [-0.4, -0.2) is 93.1 Å². The maximum absolute atomic E-state index is 12.1. The van der Waals surface area contributed by atoms with Crippen LogP contribution >= 0.6 is 0 Å². The summed E-state index contributed by atoms with van der Waals surface area (Å²) in [6.07, 6.45) is 1.38. The molecular formula is C20H38N4O7. The predicted molar refractivity (Wildman–Crippen MR) is 116 cm³/mol. The molecule has 0 aliphatic carbocycles. The Labute approximate surface area is 184 Å². The van der Waals surface area contributed by atoms with E-state index in [2.05, 4.69) is 10.5 Å². The minimum Gasteiger partial charge on any atom is -0.446 e. The minimum absolute atomic E-state index is 0.0135. The van der Waals surface area contributed by atoms with E-state index in [1.807, 2.05) is 13.8 Å². The molecule has 0 aromatic heterocycles. The van der Waals surface area contributed by atoms with Gasteiger partial charge in [0.1, 0.15) is 6.61 Å². The van der Waals surface area contributed by atoms with Gasteiger partial charge in [0.25, 0.3) is 0 Å². The molecule has 180 valence electrons. The van der Waals surface area contributed by atoms with Crippen LogP contribution < -0.4 is 5.32 Å². The standard InChI is InChI=1S/C20H38N4O7/c1-19(2,10-8-9-16(25)21-5)30-13-14-31-20(3,4)15-29-18(27)24(7)12-11-23(6)17(26)22-28/h8-15H2,1-7H3,(H,21,25). The second-order valence-electron chi connectivity index (χ2n) is 8.51. The Hall–Kier alpha value is -2.27. The van der Waals surface area contributed by atoms with Gasteiger partial charge in [-0.3, -0.25) is 4.79 Å². The molecule has 0 saturated carbocycles. The highest BCUT2D eigenvalue weighted by molar-refractivity contribution is 5.75. The van der Waals surface area contributed by atoms with Gasteiger partial charge in [0.15, 0.2) is 0 Å². The first kappa shape index (κ1) is 28.7. The Kier molecular flexibility index (Phi) is 12.9. The van der Waals surface area contributed by atoms with Crippen molar-refractivity contribution in [3.8, 4) is 0 Å². The van der Waals surface area contributed by atoms with E-state index < -0.39 is 17.7 Å². The van der Waals surface area contributed by atoms with E-state index >= 15 is 0 Å². The molecule has 0 heterocycles. The summed E-state index contributed by atoms with van der Waals surface area (Å²) in [4.78, 5) is 47.1. The molecule has 0 aromatic rings. The summed E-state index contributed by atoms with van der Waals surface area (Å²) in [6.45, 7) is 8.63. The summed E-state index contributed by atoms with van der Waals surface area (Å²) in [5.41, 5.74) is -1.08. The first-order chi connectivity index (χ1) is 14.3. The number of nitrogens with one attached hydrogen (secondary N) is 1. The highest BCUT2D eigenvalue weighted by atomic mass is 16.6. The second-order valence-corrected chi connectivity index (χ2v) is 8.51. The molecule has 0 fully saturated rings. The summed E-state index contributed by atoms with van der Waals surface area (Å²) in [7, 11) is 4.57. The second kappa shape index (κ2) is 13.9. The molecule has 0 rings (SSSR count). The van der Waals surface area contributed by atoms with E-state index in [0.29, 0.717) is 19.6 Å². The number of carbonyl (C=O) groups excluding carboxylic acids is 3. The molecule has 0 radical (unpaired) electrons. The smallest absolute Gasteiger partial charge is 0.409 e. The summed E-state index contributed by atoms with van der Waals surface area (Å²) in [5, 5.41) is 4.91. The molecule has 0 spiro atoms. The van der Waals surface area contributed by atoms with Gasteiger partial charge in [-0.15, -0.1) is 4.91 Å². The molecule has 0 bridgehead atoms. The first-order valence-electron chi connectivity index (χ1n) is 10.3. The quantitative estimate of drug-likeness (QED) is 0.320. The third-order valence-corrected chi connectivity index (χ3v) is 4.56. The summed E-state index contributed by atoms with van der Waals surface area (Å²) in [5.74, 6) is 0.0135. The van der Waals surface area contributed by atoms with Gasteiger partial charge >= 0.3 is 12.1 Å². The van der Waals surface area contributed by atoms with Crippen molar-refractivity contribution in [1.82, 2.24) is 15.1 Å². The summed E-state index contributed by atoms with van der Waals surface area (Å²) in [6, 6.07) is -0.895. The lowest BCUT2D eigenvalue weighted by Gasteiger charge is -2.29. The fraction of sp³-hybridized carbons (Fsp3) is 0.850. The molecular weight excluding hydrogens is 408 g/mol. The molecule has 0 unspecified atom stereocenters. The number of rotatable bonds is 14. The molecule has 1 N–H and O–H groups in total. The summed E-state index contributed by atoms with van der Waals surface area (Å²) >= 11 is 0. The number of urea groups is 1. The Morgan fingerprint density at radius 3 is 2.03 bits per heavy atom. The van der Waals surface area contributed by atoms with Crippen molar-refractivity contribution in [2.24, 2.45) is 5.18 Å². The van der Waals surface area contributed by atoms with E-state index in [-0.39, 0.29) is 31.2 Å². The van der Waals surface area contributed by atoms with Crippen molar-refractivity contribution in [2.45, 2.75) is 58.2 Å². The van der Waals surface area contributed by atoms with Gasteiger partial charge < -0.3 is 29.3 Å². The maximum atomic E-state index is 12.1. The number of hydrogen-bond donors (Lipinski definition) is 1. The molecule has 0 aliphatic rings. The van der Waals surface area contributed by atoms with Crippen molar-refractivity contribution in [3.05, 3.63) is 4.91 Å². The number of amides is 4.